The van der Waals surface area contributed by atoms with E-state index in [1.807, 2.05) is 13.8 Å². The van der Waals surface area contributed by atoms with Crippen LogP contribution in [0, 0.1) is 5.41 Å². The summed E-state index contributed by atoms with van der Waals surface area (Å²) in [6.07, 6.45) is -1.36. The second-order valence-corrected chi connectivity index (χ2v) is 14.2. The smallest absolute Gasteiger partial charge is 0.408 e. The van der Waals surface area contributed by atoms with Gasteiger partial charge in [0.2, 0.25) is 11.8 Å². The van der Waals surface area contributed by atoms with Crippen LogP contribution in [0.15, 0.2) is 0 Å². The normalized spacial score (nSPS) is 18.9. The molecule has 1 aliphatic rings. The SMILES string of the molecule is CC(C)(C)OC(=O)N[C@@H](CCC(=O)SCCNC(=O)CCNC(=O)[C@@H]1OC(C)(C)OCC1(C)C)C(=O)OC(C)(C)C. The molecule has 3 amide bonds. The minimum atomic E-state index is -1.05. The van der Waals surface area contributed by atoms with Gasteiger partial charge in [0.05, 0.1) is 6.61 Å². The van der Waals surface area contributed by atoms with Crippen LogP contribution in [-0.4, -0.2) is 83.6 Å². The molecule has 0 aliphatic carbocycles. The highest BCUT2D eigenvalue weighted by Crippen LogP contribution is 2.34. The molecule has 3 N–H and O–H groups in total. The van der Waals surface area contributed by atoms with Crippen LogP contribution in [0.3, 0.4) is 0 Å². The second kappa shape index (κ2) is 15.2. The van der Waals surface area contributed by atoms with Gasteiger partial charge in [-0.05, 0) is 61.8 Å². The van der Waals surface area contributed by atoms with Crippen LogP contribution < -0.4 is 16.0 Å². The van der Waals surface area contributed by atoms with Gasteiger partial charge in [-0.15, -0.1) is 0 Å². The monoisotopic (exact) mass is 603 g/mol. The standard InChI is InChI=1S/C28H49N3O9S/c1-25(2,3)39-23(35)18(31-24(36)40-26(4,5)6)11-12-20(33)41-16-15-29-19(32)13-14-30-22(34)21-27(7,8)17-37-28(9,10)38-21/h18,21H,11-17H2,1-10H3,(H,29,32)(H,30,34)(H,31,36)/t18-,21-/m0/s1. The van der Waals surface area contributed by atoms with Gasteiger partial charge in [-0.2, -0.15) is 0 Å². The lowest BCUT2D eigenvalue weighted by molar-refractivity contribution is -0.304. The van der Waals surface area contributed by atoms with Crippen molar-refractivity contribution < 1.29 is 42.9 Å². The topological polar surface area (TPSA) is 158 Å². The van der Waals surface area contributed by atoms with Crippen LogP contribution in [0.25, 0.3) is 0 Å². The summed E-state index contributed by atoms with van der Waals surface area (Å²) in [5.41, 5.74) is -2.03. The van der Waals surface area contributed by atoms with Crippen LogP contribution >= 0.6 is 11.8 Å². The maximum absolute atomic E-state index is 12.6. The molecule has 1 rings (SSSR count). The Hall–Kier alpha value is -2.38. The second-order valence-electron chi connectivity index (χ2n) is 13.1. The van der Waals surface area contributed by atoms with Crippen LogP contribution in [0.1, 0.15) is 88.5 Å². The zero-order valence-corrected chi connectivity index (χ0v) is 27.0. The summed E-state index contributed by atoms with van der Waals surface area (Å²) in [5, 5.41) is 7.75. The van der Waals surface area contributed by atoms with Crippen LogP contribution in [0.4, 0.5) is 4.79 Å². The van der Waals surface area contributed by atoms with E-state index in [0.29, 0.717) is 12.4 Å². The zero-order valence-electron chi connectivity index (χ0n) is 26.2. The van der Waals surface area contributed by atoms with E-state index in [-0.39, 0.29) is 49.3 Å². The molecule has 1 fully saturated rings. The molecule has 0 aromatic carbocycles. The molecular weight excluding hydrogens is 554 g/mol. The number of nitrogens with one attached hydrogen (secondary N) is 3. The third-order valence-corrected chi connectivity index (χ3v) is 6.43. The minimum absolute atomic E-state index is 0.00574. The van der Waals surface area contributed by atoms with Crippen molar-refractivity contribution in [3.63, 3.8) is 0 Å². The number of ether oxygens (including phenoxy) is 4. The summed E-state index contributed by atoms with van der Waals surface area (Å²) < 4.78 is 22.0. The molecule has 0 aromatic rings. The number of rotatable bonds is 12. The summed E-state index contributed by atoms with van der Waals surface area (Å²) in [5.74, 6) is -1.76. The lowest BCUT2D eigenvalue weighted by Gasteiger charge is -2.44. The Morgan fingerprint density at radius 1 is 0.902 bits per heavy atom. The van der Waals surface area contributed by atoms with Gasteiger partial charge in [0.25, 0.3) is 0 Å². The number of carbonyl (C=O) groups is 5. The van der Waals surface area contributed by atoms with E-state index < -0.39 is 46.6 Å². The van der Waals surface area contributed by atoms with Crippen molar-refractivity contribution in [3.05, 3.63) is 0 Å². The van der Waals surface area contributed by atoms with E-state index in [0.717, 1.165) is 11.8 Å². The molecule has 0 aromatic heterocycles. The van der Waals surface area contributed by atoms with Crippen LogP contribution in [0.5, 0.6) is 0 Å². The fraction of sp³-hybridized carbons (Fsp3) is 0.821. The van der Waals surface area contributed by atoms with Crippen molar-refractivity contribution in [1.29, 1.82) is 0 Å². The first-order valence-electron chi connectivity index (χ1n) is 13.8. The number of carbonyl (C=O) groups excluding carboxylic acids is 5. The molecule has 13 heteroatoms. The molecular formula is C28H49N3O9S. The molecule has 0 unspecified atom stereocenters. The van der Waals surface area contributed by atoms with Crippen molar-refractivity contribution >= 4 is 40.8 Å². The van der Waals surface area contributed by atoms with E-state index in [1.165, 1.54) is 0 Å². The van der Waals surface area contributed by atoms with Crippen molar-refractivity contribution in [2.45, 2.75) is 118 Å². The molecule has 1 heterocycles. The van der Waals surface area contributed by atoms with Crippen LogP contribution in [0.2, 0.25) is 0 Å². The fourth-order valence-corrected chi connectivity index (χ4v) is 4.26. The minimum Gasteiger partial charge on any atom is -0.458 e. The Morgan fingerprint density at radius 3 is 2.10 bits per heavy atom. The molecule has 1 saturated heterocycles. The van der Waals surface area contributed by atoms with Crippen molar-refractivity contribution in [2.75, 3.05) is 25.4 Å². The Bertz CT molecular complexity index is 939. The predicted octanol–water partition coefficient (Wildman–Crippen LogP) is 3.06. The quantitative estimate of drug-likeness (QED) is 0.224. The summed E-state index contributed by atoms with van der Waals surface area (Å²) in [6, 6.07) is -1.05. The zero-order chi connectivity index (χ0) is 31.6. The summed E-state index contributed by atoms with van der Waals surface area (Å²) in [7, 11) is 0. The lowest BCUT2D eigenvalue weighted by Crippen LogP contribution is -2.56. The maximum Gasteiger partial charge on any atom is 0.408 e. The Balaban J connectivity index is 2.40. The molecule has 41 heavy (non-hydrogen) atoms. The number of hydrogen-bond donors (Lipinski definition) is 3. The van der Waals surface area contributed by atoms with Crippen molar-refractivity contribution in [2.24, 2.45) is 5.41 Å². The fourth-order valence-electron chi connectivity index (χ4n) is 3.56. The van der Waals surface area contributed by atoms with Gasteiger partial charge in [0, 0.05) is 37.1 Å². The number of esters is 1. The number of hydrogen-bond acceptors (Lipinski definition) is 10. The van der Waals surface area contributed by atoms with Gasteiger partial charge in [-0.3, -0.25) is 14.4 Å². The first-order valence-corrected chi connectivity index (χ1v) is 14.8. The van der Waals surface area contributed by atoms with E-state index in [1.54, 1.807) is 55.4 Å². The number of amides is 3. The Kier molecular flexibility index (Phi) is 13.6. The molecule has 2 atom stereocenters. The predicted molar refractivity (Wildman–Crippen MR) is 155 cm³/mol. The molecule has 1 aliphatic heterocycles. The van der Waals surface area contributed by atoms with Gasteiger partial charge in [0.1, 0.15) is 23.3 Å². The van der Waals surface area contributed by atoms with Gasteiger partial charge >= 0.3 is 12.1 Å². The third kappa shape index (κ3) is 15.4. The maximum atomic E-state index is 12.6. The summed E-state index contributed by atoms with van der Waals surface area (Å²) in [6.45, 7) is 18.3. The molecule has 0 radical (unpaired) electrons. The summed E-state index contributed by atoms with van der Waals surface area (Å²) in [4.78, 5) is 62.0. The van der Waals surface area contributed by atoms with Gasteiger partial charge < -0.3 is 34.9 Å². The molecule has 0 spiro atoms. The van der Waals surface area contributed by atoms with E-state index in [4.69, 9.17) is 18.9 Å². The highest BCUT2D eigenvalue weighted by atomic mass is 32.2. The molecule has 0 saturated carbocycles. The van der Waals surface area contributed by atoms with Crippen molar-refractivity contribution in [1.82, 2.24) is 16.0 Å². The van der Waals surface area contributed by atoms with Gasteiger partial charge in [-0.1, -0.05) is 25.6 Å². The first kappa shape index (κ1) is 36.6. The van der Waals surface area contributed by atoms with Gasteiger partial charge in [0.15, 0.2) is 10.9 Å². The highest BCUT2D eigenvalue weighted by Gasteiger charge is 2.45. The molecule has 12 nitrogen and oxygen atoms in total. The summed E-state index contributed by atoms with van der Waals surface area (Å²) >= 11 is 1.01. The largest absolute Gasteiger partial charge is 0.458 e. The Labute approximate surface area is 248 Å². The average molecular weight is 604 g/mol. The molecule has 236 valence electrons. The highest BCUT2D eigenvalue weighted by molar-refractivity contribution is 8.13. The van der Waals surface area contributed by atoms with E-state index in [9.17, 15) is 24.0 Å². The number of thioether (sulfide) groups is 1. The van der Waals surface area contributed by atoms with Crippen molar-refractivity contribution in [3.8, 4) is 0 Å². The molecule has 0 bridgehead atoms. The van der Waals surface area contributed by atoms with Gasteiger partial charge in [-0.25, -0.2) is 9.59 Å². The number of alkyl carbamates (subject to hydrolysis) is 1. The van der Waals surface area contributed by atoms with E-state index in [2.05, 4.69) is 16.0 Å². The van der Waals surface area contributed by atoms with Crippen LogP contribution in [-0.2, 0) is 38.1 Å². The third-order valence-electron chi connectivity index (χ3n) is 5.50. The first-order chi connectivity index (χ1) is 18.6. The lowest BCUT2D eigenvalue weighted by atomic mass is 9.85. The average Bonchev–Trinajstić information content (AvgIpc) is 2.78. The van der Waals surface area contributed by atoms with E-state index >= 15 is 0 Å². The Morgan fingerprint density at radius 2 is 1.51 bits per heavy atom.